The van der Waals surface area contributed by atoms with Gasteiger partial charge < -0.3 is 9.52 Å². The van der Waals surface area contributed by atoms with Gasteiger partial charge in [-0.15, -0.1) is 10.2 Å². The van der Waals surface area contributed by atoms with Gasteiger partial charge in [0.2, 0.25) is 11.8 Å². The number of aromatic nitrogens is 2. The van der Waals surface area contributed by atoms with E-state index < -0.39 is 5.97 Å². The molecule has 0 fully saturated rings. The van der Waals surface area contributed by atoms with Crippen LogP contribution in [0.15, 0.2) is 34.7 Å². The van der Waals surface area contributed by atoms with E-state index in [-0.39, 0.29) is 6.42 Å². The highest BCUT2D eigenvalue weighted by Crippen LogP contribution is 2.18. The molecule has 1 heterocycles. The number of carboxylic acids is 1. The quantitative estimate of drug-likeness (QED) is 0.747. The number of nitrogens with zero attached hydrogens (tertiary/aromatic N) is 2. The van der Waals surface area contributed by atoms with Crippen molar-refractivity contribution in [3.05, 3.63) is 36.2 Å². The first kappa shape index (κ1) is 14.2. The van der Waals surface area contributed by atoms with Gasteiger partial charge in [0.15, 0.2) is 0 Å². The van der Waals surface area contributed by atoms with Gasteiger partial charge in [-0.2, -0.15) is 0 Å². The fraction of sp³-hybridized carbons (Fsp3) is 0.400. The lowest BCUT2D eigenvalue weighted by atomic mass is 10.1. The van der Waals surface area contributed by atoms with Crippen LogP contribution >= 0.6 is 0 Å². The maximum atomic E-state index is 10.4. The average Bonchev–Trinajstić information content (AvgIpc) is 2.92. The van der Waals surface area contributed by atoms with Crippen molar-refractivity contribution in [1.29, 1.82) is 0 Å². The molecular formula is C15H18N2O3. The van der Waals surface area contributed by atoms with Crippen LogP contribution in [0.4, 0.5) is 0 Å². The molecular weight excluding hydrogens is 256 g/mol. The number of unbranched alkanes of at least 4 members (excludes halogenated alkanes) is 3. The molecule has 106 valence electrons. The molecule has 5 heteroatoms. The number of aryl methyl sites for hydroxylation is 1. The van der Waals surface area contributed by atoms with Crippen LogP contribution in [0.2, 0.25) is 0 Å². The molecule has 0 aliphatic carbocycles. The topological polar surface area (TPSA) is 76.2 Å². The van der Waals surface area contributed by atoms with Crippen LogP contribution in [0, 0.1) is 0 Å². The molecule has 2 aromatic rings. The lowest BCUT2D eigenvalue weighted by Gasteiger charge is -1.97. The van der Waals surface area contributed by atoms with Crippen LogP contribution in [-0.4, -0.2) is 21.3 Å². The molecule has 0 radical (unpaired) electrons. The van der Waals surface area contributed by atoms with Crippen molar-refractivity contribution in [2.24, 2.45) is 0 Å². The monoisotopic (exact) mass is 274 g/mol. The van der Waals surface area contributed by atoms with Crippen molar-refractivity contribution >= 4 is 5.97 Å². The molecule has 1 aromatic heterocycles. The summed E-state index contributed by atoms with van der Waals surface area (Å²) in [7, 11) is 0. The van der Waals surface area contributed by atoms with Crippen molar-refractivity contribution in [1.82, 2.24) is 10.2 Å². The first-order valence-corrected chi connectivity index (χ1v) is 6.85. The number of hydrogen-bond acceptors (Lipinski definition) is 4. The van der Waals surface area contributed by atoms with Crippen molar-refractivity contribution < 1.29 is 14.3 Å². The van der Waals surface area contributed by atoms with E-state index in [1.54, 1.807) is 0 Å². The number of benzene rings is 1. The minimum atomic E-state index is -0.727. The molecule has 1 N–H and O–H groups in total. The highest BCUT2D eigenvalue weighted by atomic mass is 16.4. The van der Waals surface area contributed by atoms with Gasteiger partial charge >= 0.3 is 5.97 Å². The lowest BCUT2D eigenvalue weighted by molar-refractivity contribution is -0.137. The molecule has 0 aliphatic heterocycles. The summed E-state index contributed by atoms with van der Waals surface area (Å²) in [5, 5.41) is 16.6. The molecule has 5 nitrogen and oxygen atoms in total. The number of hydrogen-bond donors (Lipinski definition) is 1. The van der Waals surface area contributed by atoms with Gasteiger partial charge in [0.05, 0.1) is 0 Å². The maximum absolute atomic E-state index is 10.4. The second kappa shape index (κ2) is 7.43. The number of carboxylic acid groups (broad SMARTS) is 1. The normalized spacial score (nSPS) is 10.6. The first-order chi connectivity index (χ1) is 9.75. The minimum absolute atomic E-state index is 0.249. The summed E-state index contributed by atoms with van der Waals surface area (Å²) in [6.07, 6.45) is 4.57. The SMILES string of the molecule is O=C(O)CCCCCCc1nnc(-c2ccccc2)o1. The molecule has 20 heavy (non-hydrogen) atoms. The molecule has 0 aliphatic rings. The maximum Gasteiger partial charge on any atom is 0.303 e. The van der Waals surface area contributed by atoms with Crippen molar-refractivity contribution in [3.8, 4) is 11.5 Å². The van der Waals surface area contributed by atoms with E-state index in [1.807, 2.05) is 30.3 Å². The smallest absolute Gasteiger partial charge is 0.303 e. The van der Waals surface area contributed by atoms with E-state index in [4.69, 9.17) is 9.52 Å². The predicted octanol–water partition coefficient (Wildman–Crippen LogP) is 3.31. The Bertz CT molecular complexity index is 537. The second-order valence-electron chi connectivity index (χ2n) is 4.67. The van der Waals surface area contributed by atoms with Gasteiger partial charge in [-0.1, -0.05) is 31.0 Å². The largest absolute Gasteiger partial charge is 0.481 e. The Morgan fingerprint density at radius 2 is 1.80 bits per heavy atom. The highest BCUT2D eigenvalue weighted by molar-refractivity contribution is 5.66. The van der Waals surface area contributed by atoms with E-state index in [1.165, 1.54) is 0 Å². The molecule has 0 unspecified atom stereocenters. The first-order valence-electron chi connectivity index (χ1n) is 6.85. The molecule has 0 atom stereocenters. The fourth-order valence-electron chi connectivity index (χ4n) is 1.96. The van der Waals surface area contributed by atoms with Gasteiger partial charge in [-0.25, -0.2) is 0 Å². The average molecular weight is 274 g/mol. The van der Waals surface area contributed by atoms with Crippen LogP contribution in [-0.2, 0) is 11.2 Å². The summed E-state index contributed by atoms with van der Waals surface area (Å²) in [5.74, 6) is 0.461. The van der Waals surface area contributed by atoms with Crippen LogP contribution in [0.3, 0.4) is 0 Å². The molecule has 0 spiro atoms. The molecule has 0 saturated heterocycles. The lowest BCUT2D eigenvalue weighted by Crippen LogP contribution is -1.94. The van der Waals surface area contributed by atoms with E-state index in [0.29, 0.717) is 11.8 Å². The minimum Gasteiger partial charge on any atom is -0.481 e. The highest BCUT2D eigenvalue weighted by Gasteiger charge is 2.07. The molecule has 0 saturated carbocycles. The summed E-state index contributed by atoms with van der Waals surface area (Å²) in [4.78, 5) is 10.4. The third-order valence-electron chi connectivity index (χ3n) is 3.02. The van der Waals surface area contributed by atoms with Crippen LogP contribution in [0.1, 0.15) is 38.0 Å². The summed E-state index contributed by atoms with van der Waals surface area (Å²) >= 11 is 0. The summed E-state index contributed by atoms with van der Waals surface area (Å²) in [5.41, 5.74) is 0.924. The predicted molar refractivity (Wildman–Crippen MR) is 74.2 cm³/mol. The van der Waals surface area contributed by atoms with Crippen molar-refractivity contribution in [2.75, 3.05) is 0 Å². The van der Waals surface area contributed by atoms with Gasteiger partial charge in [-0.3, -0.25) is 4.79 Å². The van der Waals surface area contributed by atoms with E-state index in [9.17, 15) is 4.79 Å². The van der Waals surface area contributed by atoms with E-state index >= 15 is 0 Å². The van der Waals surface area contributed by atoms with Crippen molar-refractivity contribution in [2.45, 2.75) is 38.5 Å². The Labute approximate surface area is 117 Å². The zero-order valence-electron chi connectivity index (χ0n) is 11.3. The van der Waals surface area contributed by atoms with Crippen LogP contribution in [0.25, 0.3) is 11.5 Å². The van der Waals surface area contributed by atoms with Crippen molar-refractivity contribution in [3.63, 3.8) is 0 Å². The Hall–Kier alpha value is -2.17. The van der Waals surface area contributed by atoms with Gasteiger partial charge in [0.25, 0.3) is 0 Å². The molecule has 0 bridgehead atoms. The van der Waals surface area contributed by atoms with E-state index in [2.05, 4.69) is 10.2 Å². The standard InChI is InChI=1S/C15H18N2O3/c18-14(19)11-7-2-1-6-10-13-16-17-15(20-13)12-8-4-3-5-9-12/h3-5,8-9H,1-2,6-7,10-11H2,(H,18,19). The van der Waals surface area contributed by atoms with Crippen LogP contribution < -0.4 is 0 Å². The number of carbonyl (C=O) groups is 1. The zero-order chi connectivity index (χ0) is 14.2. The van der Waals surface area contributed by atoms with Gasteiger partial charge in [-0.05, 0) is 25.0 Å². The summed E-state index contributed by atoms with van der Waals surface area (Å²) < 4.78 is 5.60. The van der Waals surface area contributed by atoms with Gasteiger partial charge in [0.1, 0.15) is 0 Å². The third-order valence-corrected chi connectivity index (χ3v) is 3.02. The fourth-order valence-corrected chi connectivity index (χ4v) is 1.96. The Morgan fingerprint density at radius 1 is 1.05 bits per heavy atom. The zero-order valence-corrected chi connectivity index (χ0v) is 11.3. The summed E-state index contributed by atoms with van der Waals surface area (Å²) in [6, 6.07) is 9.67. The number of aliphatic carboxylic acids is 1. The molecule has 2 rings (SSSR count). The third kappa shape index (κ3) is 4.50. The molecule has 1 aromatic carbocycles. The summed E-state index contributed by atoms with van der Waals surface area (Å²) in [6.45, 7) is 0. The van der Waals surface area contributed by atoms with E-state index in [0.717, 1.165) is 37.7 Å². The van der Waals surface area contributed by atoms with Gasteiger partial charge in [0, 0.05) is 18.4 Å². The van der Waals surface area contributed by atoms with Crippen LogP contribution in [0.5, 0.6) is 0 Å². The number of rotatable bonds is 8. The Balaban J connectivity index is 1.72. The molecule has 0 amide bonds. The Kier molecular flexibility index (Phi) is 5.29. The Morgan fingerprint density at radius 3 is 2.55 bits per heavy atom. The second-order valence-corrected chi connectivity index (χ2v) is 4.67.